The first-order valence-corrected chi connectivity index (χ1v) is 12.0. The Kier molecular flexibility index (Phi) is 9.86. The van der Waals surface area contributed by atoms with Crippen LogP contribution in [0.1, 0.15) is 35.4 Å². The second-order valence-corrected chi connectivity index (χ2v) is 8.37. The molecule has 8 heteroatoms. The van der Waals surface area contributed by atoms with Crippen molar-refractivity contribution >= 4 is 23.7 Å². The molecule has 0 aliphatic carbocycles. The lowest BCUT2D eigenvalue weighted by molar-refractivity contribution is 0.112. The van der Waals surface area contributed by atoms with Crippen LogP contribution < -0.4 is 25.2 Å². The van der Waals surface area contributed by atoms with Gasteiger partial charge in [0.2, 0.25) is 5.95 Å². The van der Waals surface area contributed by atoms with E-state index in [2.05, 4.69) is 49.8 Å². The molecule has 186 valence electrons. The highest BCUT2D eigenvalue weighted by Gasteiger charge is 2.15. The highest BCUT2D eigenvalue weighted by molar-refractivity contribution is 5.82. The molecule has 0 aliphatic rings. The summed E-state index contributed by atoms with van der Waals surface area (Å²) in [7, 11) is 5.94. The number of rotatable bonds is 14. The van der Waals surface area contributed by atoms with Crippen LogP contribution in [0.4, 0.5) is 17.5 Å². The summed E-state index contributed by atoms with van der Waals surface area (Å²) < 4.78 is 6.41. The van der Waals surface area contributed by atoms with Crippen molar-refractivity contribution in [2.45, 2.75) is 19.4 Å². The van der Waals surface area contributed by atoms with Gasteiger partial charge in [-0.15, -0.1) is 0 Å². The number of likely N-dealkylation sites (N-methyl/N-ethyl adjacent to an activating group) is 2. The van der Waals surface area contributed by atoms with Gasteiger partial charge >= 0.3 is 0 Å². The molecule has 1 aromatic heterocycles. The number of benzene rings is 2. The lowest BCUT2D eigenvalue weighted by Gasteiger charge is -2.26. The quantitative estimate of drug-likeness (QED) is 0.338. The van der Waals surface area contributed by atoms with Crippen molar-refractivity contribution in [3.63, 3.8) is 0 Å². The molecular formula is C27H36N6O2. The SMILES string of the molecule is CCNc1ncc(C=O)c(N(C)CCN(C)c2cccc(OC(CCNC)c3ccccc3)c2)n1. The summed E-state index contributed by atoms with van der Waals surface area (Å²) in [5, 5.41) is 6.31. The Bertz CT molecular complexity index is 1060. The smallest absolute Gasteiger partial charge is 0.224 e. The van der Waals surface area contributed by atoms with Crippen LogP contribution in [0.2, 0.25) is 0 Å². The topological polar surface area (TPSA) is 82.6 Å². The van der Waals surface area contributed by atoms with Crippen LogP contribution in [0.25, 0.3) is 0 Å². The molecule has 0 spiro atoms. The summed E-state index contributed by atoms with van der Waals surface area (Å²) in [5.74, 6) is 1.97. The zero-order valence-electron chi connectivity index (χ0n) is 21.1. The first kappa shape index (κ1) is 26.0. The van der Waals surface area contributed by atoms with E-state index >= 15 is 0 Å². The summed E-state index contributed by atoms with van der Waals surface area (Å²) in [6, 6.07) is 18.5. The van der Waals surface area contributed by atoms with E-state index in [0.29, 0.717) is 30.4 Å². The van der Waals surface area contributed by atoms with Crippen LogP contribution in [0.15, 0.2) is 60.8 Å². The number of nitrogens with zero attached hydrogens (tertiary/aromatic N) is 4. The normalized spacial score (nSPS) is 11.5. The molecule has 35 heavy (non-hydrogen) atoms. The maximum absolute atomic E-state index is 11.5. The summed E-state index contributed by atoms with van der Waals surface area (Å²) in [6.45, 7) is 4.98. The van der Waals surface area contributed by atoms with Gasteiger partial charge in [0.05, 0.1) is 5.56 Å². The lowest BCUT2D eigenvalue weighted by Crippen LogP contribution is -2.32. The number of carbonyl (C=O) groups is 1. The lowest BCUT2D eigenvalue weighted by atomic mass is 10.1. The van der Waals surface area contributed by atoms with Crippen LogP contribution in [0, 0.1) is 0 Å². The first-order chi connectivity index (χ1) is 17.0. The molecule has 2 N–H and O–H groups in total. The van der Waals surface area contributed by atoms with E-state index in [4.69, 9.17) is 4.74 Å². The zero-order chi connectivity index (χ0) is 25.0. The van der Waals surface area contributed by atoms with Crippen LogP contribution >= 0.6 is 0 Å². The molecule has 0 saturated carbocycles. The molecule has 0 amide bonds. The third-order valence-corrected chi connectivity index (χ3v) is 5.75. The molecule has 0 fully saturated rings. The standard InChI is InChI=1S/C27H36N6O2/c1-5-29-27-30-19-22(20-34)26(31-27)33(4)17-16-32(3)23-12-9-13-24(18-23)35-25(14-15-28-2)21-10-7-6-8-11-21/h6-13,18-20,25,28H,5,14-17H2,1-4H3,(H,29,30,31). The molecule has 2 aromatic carbocycles. The third kappa shape index (κ3) is 7.42. The van der Waals surface area contributed by atoms with Crippen molar-refractivity contribution in [2.24, 2.45) is 0 Å². The zero-order valence-corrected chi connectivity index (χ0v) is 21.1. The van der Waals surface area contributed by atoms with E-state index in [-0.39, 0.29) is 6.10 Å². The van der Waals surface area contributed by atoms with Gasteiger partial charge < -0.3 is 25.2 Å². The number of hydrogen-bond donors (Lipinski definition) is 2. The van der Waals surface area contributed by atoms with Crippen LogP contribution in [-0.4, -0.2) is 63.6 Å². The number of aldehydes is 1. The van der Waals surface area contributed by atoms with Crippen LogP contribution in [-0.2, 0) is 0 Å². The minimum absolute atomic E-state index is 0.0270. The van der Waals surface area contributed by atoms with E-state index in [1.54, 1.807) is 6.20 Å². The van der Waals surface area contributed by atoms with Gasteiger partial charge in [-0.3, -0.25) is 4.79 Å². The number of ether oxygens (including phenoxy) is 1. The molecule has 0 radical (unpaired) electrons. The molecular weight excluding hydrogens is 440 g/mol. The Labute approximate surface area is 208 Å². The van der Waals surface area contributed by atoms with E-state index in [0.717, 1.165) is 42.8 Å². The van der Waals surface area contributed by atoms with Gasteiger partial charge in [0, 0.05) is 58.1 Å². The molecule has 0 aliphatic heterocycles. The van der Waals surface area contributed by atoms with Gasteiger partial charge in [0.15, 0.2) is 6.29 Å². The number of aromatic nitrogens is 2. The maximum atomic E-state index is 11.5. The molecule has 8 nitrogen and oxygen atoms in total. The van der Waals surface area contributed by atoms with Crippen LogP contribution in [0.5, 0.6) is 5.75 Å². The molecule has 1 atom stereocenters. The monoisotopic (exact) mass is 476 g/mol. The Morgan fingerprint density at radius 2 is 1.83 bits per heavy atom. The number of hydrogen-bond acceptors (Lipinski definition) is 8. The summed E-state index contributed by atoms with van der Waals surface area (Å²) in [4.78, 5) is 24.3. The van der Waals surface area contributed by atoms with Crippen molar-refractivity contribution in [1.29, 1.82) is 0 Å². The van der Waals surface area contributed by atoms with E-state index in [1.807, 2.05) is 63.3 Å². The van der Waals surface area contributed by atoms with Crippen molar-refractivity contribution < 1.29 is 9.53 Å². The molecule has 0 saturated heterocycles. The third-order valence-electron chi connectivity index (χ3n) is 5.75. The Hall–Kier alpha value is -3.65. The van der Waals surface area contributed by atoms with Gasteiger partial charge in [-0.1, -0.05) is 36.4 Å². The van der Waals surface area contributed by atoms with Gasteiger partial charge in [-0.25, -0.2) is 4.98 Å². The highest BCUT2D eigenvalue weighted by atomic mass is 16.5. The summed E-state index contributed by atoms with van der Waals surface area (Å²) >= 11 is 0. The maximum Gasteiger partial charge on any atom is 0.224 e. The Morgan fingerprint density at radius 1 is 1.06 bits per heavy atom. The first-order valence-electron chi connectivity index (χ1n) is 12.0. The van der Waals surface area contributed by atoms with E-state index in [1.165, 1.54) is 0 Å². The number of carbonyl (C=O) groups excluding carboxylic acids is 1. The van der Waals surface area contributed by atoms with Crippen molar-refractivity contribution in [3.8, 4) is 5.75 Å². The van der Waals surface area contributed by atoms with Gasteiger partial charge in [0.25, 0.3) is 0 Å². The van der Waals surface area contributed by atoms with Gasteiger partial charge in [-0.05, 0) is 38.2 Å². The highest BCUT2D eigenvalue weighted by Crippen LogP contribution is 2.27. The fraction of sp³-hybridized carbons (Fsp3) is 0.370. The number of nitrogens with one attached hydrogen (secondary N) is 2. The van der Waals surface area contributed by atoms with Crippen LogP contribution in [0.3, 0.4) is 0 Å². The Morgan fingerprint density at radius 3 is 2.54 bits per heavy atom. The molecule has 3 rings (SSSR count). The van der Waals surface area contributed by atoms with E-state index in [9.17, 15) is 4.79 Å². The summed E-state index contributed by atoms with van der Waals surface area (Å²) in [5.41, 5.74) is 2.69. The fourth-order valence-electron chi connectivity index (χ4n) is 3.74. The predicted molar refractivity (Wildman–Crippen MR) is 143 cm³/mol. The van der Waals surface area contributed by atoms with Crippen molar-refractivity contribution in [2.75, 3.05) is 62.4 Å². The second kappa shape index (κ2) is 13.3. The molecule has 0 bridgehead atoms. The molecule has 1 unspecified atom stereocenters. The molecule has 1 heterocycles. The van der Waals surface area contributed by atoms with Gasteiger partial charge in [-0.2, -0.15) is 4.98 Å². The van der Waals surface area contributed by atoms with Crippen molar-refractivity contribution in [3.05, 3.63) is 71.9 Å². The van der Waals surface area contributed by atoms with Gasteiger partial charge in [0.1, 0.15) is 17.7 Å². The largest absolute Gasteiger partial charge is 0.486 e. The number of anilines is 3. The van der Waals surface area contributed by atoms with E-state index < -0.39 is 0 Å². The minimum Gasteiger partial charge on any atom is -0.486 e. The Balaban J connectivity index is 1.67. The molecule has 3 aromatic rings. The minimum atomic E-state index is -0.0270. The van der Waals surface area contributed by atoms with Crippen molar-refractivity contribution in [1.82, 2.24) is 15.3 Å². The summed E-state index contributed by atoms with van der Waals surface area (Å²) in [6.07, 6.45) is 3.20. The second-order valence-electron chi connectivity index (χ2n) is 8.37. The predicted octanol–water partition coefficient (Wildman–Crippen LogP) is 4.02. The average molecular weight is 477 g/mol. The average Bonchev–Trinajstić information content (AvgIpc) is 2.90. The fourth-order valence-corrected chi connectivity index (χ4v) is 3.74.